The Kier molecular flexibility index (Phi) is 6.49. The molecule has 29 heavy (non-hydrogen) atoms. The molecule has 0 saturated heterocycles. The van der Waals surface area contributed by atoms with Crippen LogP contribution in [0.3, 0.4) is 0 Å². The van der Waals surface area contributed by atoms with E-state index in [4.69, 9.17) is 15.9 Å². The first-order valence-electron chi connectivity index (χ1n) is 9.27. The quantitative estimate of drug-likeness (QED) is 0.427. The van der Waals surface area contributed by atoms with Crippen molar-refractivity contribution in [3.8, 4) is 23.8 Å². The van der Waals surface area contributed by atoms with Gasteiger partial charge >= 0.3 is 0 Å². The highest BCUT2D eigenvalue weighted by atomic mass is 32.2. The molecule has 8 heteroatoms. The second-order valence-corrected chi connectivity index (χ2v) is 7.64. The number of methoxy groups -OCH3 is 1. The molecule has 2 heterocycles. The summed E-state index contributed by atoms with van der Waals surface area (Å²) in [5, 5.41) is 3.44. The lowest BCUT2D eigenvalue weighted by Gasteiger charge is -2.28. The molecule has 1 aliphatic heterocycles. The first-order valence-corrected chi connectivity index (χ1v) is 10.3. The number of hydrogen-bond acceptors (Lipinski definition) is 6. The van der Waals surface area contributed by atoms with Crippen LogP contribution in [-0.2, 0) is 11.8 Å². The molecule has 152 valence electrons. The SMILES string of the molecule is C#CCOc1ccc([C@@H]2CC(=O)Nc3c2c(=O)nc(SCCC)n3C)cc1OC. The highest BCUT2D eigenvalue weighted by Gasteiger charge is 2.32. The number of anilines is 1. The molecule has 2 aromatic rings. The molecule has 1 aromatic heterocycles. The largest absolute Gasteiger partial charge is 0.493 e. The van der Waals surface area contributed by atoms with E-state index in [0.717, 1.165) is 17.7 Å². The van der Waals surface area contributed by atoms with Crippen LogP contribution in [0.2, 0.25) is 0 Å². The lowest BCUT2D eigenvalue weighted by molar-refractivity contribution is -0.116. The zero-order valence-electron chi connectivity index (χ0n) is 16.7. The van der Waals surface area contributed by atoms with Crippen LogP contribution in [0.15, 0.2) is 28.2 Å². The normalized spacial score (nSPS) is 15.2. The molecule has 7 nitrogen and oxygen atoms in total. The van der Waals surface area contributed by atoms with E-state index < -0.39 is 5.92 Å². The fraction of sp³-hybridized carbons (Fsp3) is 0.381. The summed E-state index contributed by atoms with van der Waals surface area (Å²) in [6.07, 6.45) is 6.36. The van der Waals surface area contributed by atoms with Gasteiger partial charge in [0, 0.05) is 25.1 Å². The van der Waals surface area contributed by atoms with Crippen molar-refractivity contribution in [2.45, 2.75) is 30.8 Å². The molecule has 1 N–H and O–H groups in total. The molecule has 1 aromatic carbocycles. The molecular weight excluding hydrogens is 390 g/mol. The van der Waals surface area contributed by atoms with E-state index in [1.54, 1.807) is 16.7 Å². The van der Waals surface area contributed by atoms with E-state index in [9.17, 15) is 9.59 Å². The average molecular weight is 413 g/mol. The van der Waals surface area contributed by atoms with Crippen molar-refractivity contribution in [3.63, 3.8) is 0 Å². The second kappa shape index (κ2) is 9.05. The van der Waals surface area contributed by atoms with Gasteiger partial charge in [-0.05, 0) is 24.1 Å². The Hall–Kier alpha value is -2.92. The van der Waals surface area contributed by atoms with Crippen molar-refractivity contribution in [2.24, 2.45) is 7.05 Å². The minimum atomic E-state index is -0.425. The van der Waals surface area contributed by atoms with E-state index >= 15 is 0 Å². The van der Waals surface area contributed by atoms with Gasteiger partial charge in [-0.3, -0.25) is 9.59 Å². The maximum Gasteiger partial charge on any atom is 0.279 e. The molecule has 1 atom stereocenters. The number of aromatic nitrogens is 2. The Labute approximate surface area is 173 Å². The van der Waals surface area contributed by atoms with Crippen molar-refractivity contribution in [3.05, 3.63) is 39.7 Å². The number of benzene rings is 1. The van der Waals surface area contributed by atoms with E-state index in [1.807, 2.05) is 13.1 Å². The first-order chi connectivity index (χ1) is 14.0. The van der Waals surface area contributed by atoms with Gasteiger partial charge in [-0.2, -0.15) is 4.98 Å². The number of nitrogens with one attached hydrogen (secondary N) is 1. The number of terminal acetylenes is 1. The predicted octanol–water partition coefficient (Wildman–Crippen LogP) is 2.78. The van der Waals surface area contributed by atoms with Gasteiger partial charge in [0.25, 0.3) is 5.56 Å². The van der Waals surface area contributed by atoms with Crippen LogP contribution in [0, 0.1) is 12.3 Å². The minimum absolute atomic E-state index is 0.118. The van der Waals surface area contributed by atoms with Crippen molar-refractivity contribution in [1.82, 2.24) is 9.55 Å². The number of nitrogens with zero attached hydrogens (tertiary/aromatic N) is 2. The Morgan fingerprint density at radius 2 is 2.17 bits per heavy atom. The van der Waals surface area contributed by atoms with Crippen LogP contribution in [0.1, 0.15) is 36.8 Å². The van der Waals surface area contributed by atoms with Gasteiger partial charge in [0.1, 0.15) is 12.4 Å². The molecule has 1 amide bonds. The highest BCUT2D eigenvalue weighted by molar-refractivity contribution is 7.99. The number of ether oxygens (including phenoxy) is 2. The summed E-state index contributed by atoms with van der Waals surface area (Å²) in [4.78, 5) is 29.6. The monoisotopic (exact) mass is 413 g/mol. The van der Waals surface area contributed by atoms with Crippen LogP contribution in [0.25, 0.3) is 0 Å². The fourth-order valence-corrected chi connectivity index (χ4v) is 4.10. The predicted molar refractivity (Wildman–Crippen MR) is 113 cm³/mol. The van der Waals surface area contributed by atoms with Crippen LogP contribution >= 0.6 is 11.8 Å². The summed E-state index contributed by atoms with van der Waals surface area (Å²) in [7, 11) is 3.34. The topological polar surface area (TPSA) is 82.5 Å². The van der Waals surface area contributed by atoms with Crippen LogP contribution in [0.4, 0.5) is 5.82 Å². The van der Waals surface area contributed by atoms with Gasteiger partial charge in [0.15, 0.2) is 16.7 Å². The minimum Gasteiger partial charge on any atom is -0.493 e. The summed E-state index contributed by atoms with van der Waals surface area (Å²) < 4.78 is 12.7. The Morgan fingerprint density at radius 1 is 1.38 bits per heavy atom. The maximum absolute atomic E-state index is 12.9. The number of carbonyl (C=O) groups excluding carboxylic acids is 1. The lowest BCUT2D eigenvalue weighted by Crippen LogP contribution is -2.33. The van der Waals surface area contributed by atoms with Gasteiger partial charge in [-0.15, -0.1) is 6.42 Å². The van der Waals surface area contributed by atoms with Gasteiger partial charge in [-0.1, -0.05) is 30.7 Å². The molecule has 0 unspecified atom stereocenters. The number of fused-ring (bicyclic) bond motifs is 1. The molecule has 0 bridgehead atoms. The summed E-state index contributed by atoms with van der Waals surface area (Å²) in [6.45, 7) is 2.18. The Morgan fingerprint density at radius 3 is 2.86 bits per heavy atom. The molecule has 0 aliphatic carbocycles. The molecule has 0 fully saturated rings. The molecule has 3 rings (SSSR count). The Bertz CT molecular complexity index is 1030. The third-order valence-corrected chi connectivity index (χ3v) is 5.87. The number of carbonyl (C=O) groups is 1. The van der Waals surface area contributed by atoms with Crippen LogP contribution < -0.4 is 20.3 Å². The Balaban J connectivity index is 2.07. The van der Waals surface area contributed by atoms with E-state index in [0.29, 0.717) is 28.0 Å². The summed E-state index contributed by atoms with van der Waals surface area (Å²) in [5.74, 6) is 4.17. The molecular formula is C21H23N3O4S. The van der Waals surface area contributed by atoms with Gasteiger partial charge < -0.3 is 19.4 Å². The van der Waals surface area contributed by atoms with Crippen molar-refractivity contribution in [2.75, 3.05) is 24.8 Å². The molecule has 0 spiro atoms. The van der Waals surface area contributed by atoms with Crippen molar-refractivity contribution >= 4 is 23.5 Å². The molecule has 1 aliphatic rings. The van der Waals surface area contributed by atoms with Crippen LogP contribution in [-0.4, -0.2) is 34.9 Å². The zero-order chi connectivity index (χ0) is 21.0. The van der Waals surface area contributed by atoms with Crippen LogP contribution in [0.5, 0.6) is 11.5 Å². The number of rotatable bonds is 7. The van der Waals surface area contributed by atoms with E-state index in [2.05, 4.69) is 23.1 Å². The highest BCUT2D eigenvalue weighted by Crippen LogP contribution is 2.39. The van der Waals surface area contributed by atoms with Gasteiger partial charge in [0.05, 0.1) is 12.7 Å². The average Bonchev–Trinajstić information content (AvgIpc) is 2.72. The second-order valence-electron chi connectivity index (χ2n) is 6.58. The van der Waals surface area contributed by atoms with Crippen molar-refractivity contribution in [1.29, 1.82) is 0 Å². The molecule has 0 radical (unpaired) electrons. The third kappa shape index (κ3) is 4.25. The van der Waals surface area contributed by atoms with E-state index in [1.165, 1.54) is 18.9 Å². The molecule has 0 saturated carbocycles. The smallest absolute Gasteiger partial charge is 0.279 e. The maximum atomic E-state index is 12.9. The summed E-state index contributed by atoms with van der Waals surface area (Å²) in [5.41, 5.74) is 0.930. The summed E-state index contributed by atoms with van der Waals surface area (Å²) >= 11 is 1.50. The fourth-order valence-electron chi connectivity index (χ4n) is 3.28. The standard InChI is InChI=1S/C21H23N3O4S/c1-5-9-28-15-8-7-13(11-16(15)27-4)14-12-17(25)22-19-18(14)20(26)23-21(24(19)3)29-10-6-2/h1,7-8,11,14H,6,9-10,12H2,2-4H3,(H,22,25)/t14-/m0/s1. The first kappa shape index (κ1) is 20.8. The van der Waals surface area contributed by atoms with Gasteiger partial charge in [0.2, 0.25) is 5.91 Å². The lowest BCUT2D eigenvalue weighted by atomic mass is 9.86. The number of thioether (sulfide) groups is 1. The zero-order valence-corrected chi connectivity index (χ0v) is 17.5. The van der Waals surface area contributed by atoms with Gasteiger partial charge in [-0.25, -0.2) is 0 Å². The number of hydrogen-bond donors (Lipinski definition) is 1. The van der Waals surface area contributed by atoms with Crippen molar-refractivity contribution < 1.29 is 14.3 Å². The number of amides is 1. The summed E-state index contributed by atoms with van der Waals surface area (Å²) in [6, 6.07) is 5.33. The van der Waals surface area contributed by atoms with E-state index in [-0.39, 0.29) is 24.5 Å². The third-order valence-electron chi connectivity index (χ3n) is 4.64.